The highest BCUT2D eigenvalue weighted by Gasteiger charge is 2.16. The standard InChI is InChI=1S/C19H20FNO3/c20-17-9-5-4-8-15(17)13-18(22)21-16(10-11-19(23)24)12-14-6-2-1-3-7-14/h1-9,16H,10-13H2,(H,21,22)(H,23,24). The second-order valence-electron chi connectivity index (χ2n) is 5.65. The van der Waals surface area contributed by atoms with Crippen LogP contribution in [0, 0.1) is 5.82 Å². The first-order chi connectivity index (χ1) is 11.5. The van der Waals surface area contributed by atoms with Crippen molar-refractivity contribution in [1.82, 2.24) is 5.32 Å². The predicted molar refractivity (Wildman–Crippen MR) is 89.1 cm³/mol. The maximum Gasteiger partial charge on any atom is 0.303 e. The van der Waals surface area contributed by atoms with Crippen molar-refractivity contribution in [2.24, 2.45) is 0 Å². The Morgan fingerprint density at radius 1 is 1.04 bits per heavy atom. The number of nitrogens with one attached hydrogen (secondary N) is 1. The molecule has 0 bridgehead atoms. The maximum absolute atomic E-state index is 13.6. The van der Waals surface area contributed by atoms with Gasteiger partial charge in [-0.1, -0.05) is 48.5 Å². The van der Waals surface area contributed by atoms with E-state index in [1.807, 2.05) is 30.3 Å². The third kappa shape index (κ3) is 5.83. The summed E-state index contributed by atoms with van der Waals surface area (Å²) in [6.45, 7) is 0. The van der Waals surface area contributed by atoms with E-state index in [1.54, 1.807) is 18.2 Å². The van der Waals surface area contributed by atoms with Gasteiger partial charge in [-0.2, -0.15) is 0 Å². The van der Waals surface area contributed by atoms with Crippen molar-refractivity contribution in [2.45, 2.75) is 31.7 Å². The Morgan fingerprint density at radius 2 is 1.71 bits per heavy atom. The maximum atomic E-state index is 13.6. The number of rotatable bonds is 8. The molecule has 2 aromatic rings. The fourth-order valence-corrected chi connectivity index (χ4v) is 2.52. The normalized spacial score (nSPS) is 11.7. The quantitative estimate of drug-likeness (QED) is 0.782. The second-order valence-corrected chi connectivity index (χ2v) is 5.65. The zero-order valence-corrected chi connectivity index (χ0v) is 13.2. The SMILES string of the molecule is O=C(O)CCC(Cc1ccccc1)NC(=O)Cc1ccccc1F. The largest absolute Gasteiger partial charge is 0.481 e. The lowest BCUT2D eigenvalue weighted by Crippen LogP contribution is -2.38. The molecule has 1 amide bonds. The van der Waals surface area contributed by atoms with Gasteiger partial charge in [0.1, 0.15) is 5.82 Å². The number of benzene rings is 2. The summed E-state index contributed by atoms with van der Waals surface area (Å²) in [6.07, 6.45) is 0.771. The number of carbonyl (C=O) groups is 2. The Morgan fingerprint density at radius 3 is 2.38 bits per heavy atom. The van der Waals surface area contributed by atoms with Crippen LogP contribution in [0.15, 0.2) is 54.6 Å². The van der Waals surface area contributed by atoms with Crippen LogP contribution in [0.3, 0.4) is 0 Å². The zero-order valence-electron chi connectivity index (χ0n) is 13.2. The van der Waals surface area contributed by atoms with Gasteiger partial charge in [0.2, 0.25) is 5.91 Å². The number of halogens is 1. The van der Waals surface area contributed by atoms with Crippen LogP contribution in [-0.2, 0) is 22.4 Å². The fourth-order valence-electron chi connectivity index (χ4n) is 2.52. The van der Waals surface area contributed by atoms with Crippen LogP contribution < -0.4 is 5.32 Å². The van der Waals surface area contributed by atoms with E-state index in [0.717, 1.165) is 5.56 Å². The summed E-state index contributed by atoms with van der Waals surface area (Å²) < 4.78 is 13.6. The molecule has 0 aliphatic carbocycles. The van der Waals surface area contributed by atoms with Crippen molar-refractivity contribution >= 4 is 11.9 Å². The van der Waals surface area contributed by atoms with Crippen molar-refractivity contribution in [2.75, 3.05) is 0 Å². The Labute approximate surface area is 140 Å². The molecule has 2 aromatic carbocycles. The minimum absolute atomic E-state index is 0.0303. The van der Waals surface area contributed by atoms with Gasteiger partial charge < -0.3 is 10.4 Å². The summed E-state index contributed by atoms with van der Waals surface area (Å²) in [4.78, 5) is 23.0. The smallest absolute Gasteiger partial charge is 0.303 e. The van der Waals surface area contributed by atoms with Gasteiger partial charge in [0.25, 0.3) is 0 Å². The molecular formula is C19H20FNO3. The number of carbonyl (C=O) groups excluding carboxylic acids is 1. The zero-order chi connectivity index (χ0) is 17.4. The molecule has 0 fully saturated rings. The molecule has 0 aliphatic rings. The molecule has 24 heavy (non-hydrogen) atoms. The molecule has 4 nitrogen and oxygen atoms in total. The fraction of sp³-hybridized carbons (Fsp3) is 0.263. The summed E-state index contributed by atoms with van der Waals surface area (Å²) in [7, 11) is 0. The molecule has 1 atom stereocenters. The third-order valence-corrected chi connectivity index (χ3v) is 3.71. The first kappa shape index (κ1) is 17.7. The summed E-state index contributed by atoms with van der Waals surface area (Å²) in [6, 6.07) is 15.4. The number of carboxylic acids is 1. The molecule has 0 saturated carbocycles. The topological polar surface area (TPSA) is 66.4 Å². The molecule has 0 aromatic heterocycles. The van der Waals surface area contributed by atoms with E-state index >= 15 is 0 Å². The molecule has 2 rings (SSSR count). The monoisotopic (exact) mass is 329 g/mol. The highest BCUT2D eigenvalue weighted by atomic mass is 19.1. The van der Waals surface area contributed by atoms with E-state index in [4.69, 9.17) is 5.11 Å². The highest BCUT2D eigenvalue weighted by molar-refractivity contribution is 5.79. The number of aliphatic carboxylic acids is 1. The van der Waals surface area contributed by atoms with Crippen molar-refractivity contribution in [3.05, 3.63) is 71.5 Å². The van der Waals surface area contributed by atoms with Crippen LogP contribution in [0.1, 0.15) is 24.0 Å². The van der Waals surface area contributed by atoms with Crippen molar-refractivity contribution in [3.8, 4) is 0 Å². The lowest BCUT2D eigenvalue weighted by atomic mass is 10.0. The van der Waals surface area contributed by atoms with Crippen LogP contribution in [0.4, 0.5) is 4.39 Å². The van der Waals surface area contributed by atoms with E-state index in [-0.39, 0.29) is 24.8 Å². The van der Waals surface area contributed by atoms with Crippen molar-refractivity contribution in [3.63, 3.8) is 0 Å². The van der Waals surface area contributed by atoms with E-state index in [1.165, 1.54) is 6.07 Å². The Balaban J connectivity index is 1.99. The van der Waals surface area contributed by atoms with Crippen molar-refractivity contribution < 1.29 is 19.1 Å². The minimum atomic E-state index is -0.906. The molecule has 0 radical (unpaired) electrons. The van der Waals surface area contributed by atoms with Crippen LogP contribution in [-0.4, -0.2) is 23.0 Å². The molecule has 0 saturated heterocycles. The van der Waals surface area contributed by atoms with Gasteiger partial charge in [-0.3, -0.25) is 9.59 Å². The summed E-state index contributed by atoms with van der Waals surface area (Å²) in [5.41, 5.74) is 1.34. The predicted octanol–water partition coefficient (Wildman–Crippen LogP) is 2.96. The van der Waals surface area contributed by atoms with E-state index in [9.17, 15) is 14.0 Å². The molecule has 5 heteroatoms. The Hall–Kier alpha value is -2.69. The molecule has 1 unspecified atom stereocenters. The van der Waals surface area contributed by atoms with Gasteiger partial charge >= 0.3 is 5.97 Å². The minimum Gasteiger partial charge on any atom is -0.481 e. The lowest BCUT2D eigenvalue weighted by Gasteiger charge is -2.18. The first-order valence-corrected chi connectivity index (χ1v) is 7.83. The number of amides is 1. The van der Waals surface area contributed by atoms with Gasteiger partial charge in [-0.25, -0.2) is 4.39 Å². The second kappa shape index (κ2) is 8.82. The summed E-state index contributed by atoms with van der Waals surface area (Å²) in [5, 5.41) is 11.7. The van der Waals surface area contributed by atoms with Crippen LogP contribution in [0.2, 0.25) is 0 Å². The molecular weight excluding hydrogens is 309 g/mol. The van der Waals surface area contributed by atoms with Crippen molar-refractivity contribution in [1.29, 1.82) is 0 Å². The summed E-state index contributed by atoms with van der Waals surface area (Å²) >= 11 is 0. The summed E-state index contributed by atoms with van der Waals surface area (Å²) in [5.74, 6) is -1.64. The number of hydrogen-bond donors (Lipinski definition) is 2. The molecule has 0 spiro atoms. The van der Waals surface area contributed by atoms with Gasteiger partial charge in [-0.15, -0.1) is 0 Å². The Bertz CT molecular complexity index is 688. The van der Waals surface area contributed by atoms with Crippen LogP contribution >= 0.6 is 0 Å². The van der Waals surface area contributed by atoms with Crippen LogP contribution in [0.5, 0.6) is 0 Å². The van der Waals surface area contributed by atoms with Gasteiger partial charge in [0.05, 0.1) is 6.42 Å². The third-order valence-electron chi connectivity index (χ3n) is 3.71. The number of carboxylic acid groups (broad SMARTS) is 1. The average molecular weight is 329 g/mol. The highest BCUT2D eigenvalue weighted by Crippen LogP contribution is 2.10. The molecule has 126 valence electrons. The molecule has 0 heterocycles. The first-order valence-electron chi connectivity index (χ1n) is 7.83. The van der Waals surface area contributed by atoms with Crippen LogP contribution in [0.25, 0.3) is 0 Å². The van der Waals surface area contributed by atoms with Gasteiger partial charge in [-0.05, 0) is 30.0 Å². The number of hydrogen-bond acceptors (Lipinski definition) is 2. The average Bonchev–Trinajstić information content (AvgIpc) is 2.56. The molecule has 2 N–H and O–H groups in total. The Kier molecular flexibility index (Phi) is 6.49. The van der Waals surface area contributed by atoms with E-state index in [2.05, 4.69) is 5.32 Å². The van der Waals surface area contributed by atoms with Gasteiger partial charge in [0, 0.05) is 12.5 Å². The molecule has 0 aliphatic heterocycles. The van der Waals surface area contributed by atoms with E-state index in [0.29, 0.717) is 18.4 Å². The lowest BCUT2D eigenvalue weighted by molar-refractivity contribution is -0.137. The van der Waals surface area contributed by atoms with Gasteiger partial charge in [0.15, 0.2) is 0 Å². The van der Waals surface area contributed by atoms with E-state index < -0.39 is 11.8 Å².